The van der Waals surface area contributed by atoms with Gasteiger partial charge in [0, 0.05) is 13.0 Å². The second-order valence-corrected chi connectivity index (χ2v) is 7.85. The van der Waals surface area contributed by atoms with Crippen LogP contribution in [0.15, 0.2) is 48.5 Å². The number of benzene rings is 2. The third kappa shape index (κ3) is 9.22. The van der Waals surface area contributed by atoms with E-state index in [0.717, 1.165) is 29.9 Å². The van der Waals surface area contributed by atoms with Gasteiger partial charge in [0.15, 0.2) is 0 Å². The van der Waals surface area contributed by atoms with Crippen LogP contribution in [0.3, 0.4) is 0 Å². The number of nitrogens with zero attached hydrogens (tertiary/aromatic N) is 1. The number of likely N-dealkylation sites (N-methyl/N-ethyl adjacent to an activating group) is 1. The molecule has 2 aromatic carbocycles. The van der Waals surface area contributed by atoms with Crippen LogP contribution in [0.25, 0.3) is 0 Å². The summed E-state index contributed by atoms with van der Waals surface area (Å²) in [7, 11) is 5.50. The first-order valence-electron chi connectivity index (χ1n) is 10.5. The molecule has 0 bridgehead atoms. The molecule has 1 atom stereocenters. The zero-order valence-corrected chi connectivity index (χ0v) is 18.9. The van der Waals surface area contributed by atoms with Gasteiger partial charge in [-0.2, -0.15) is 0 Å². The summed E-state index contributed by atoms with van der Waals surface area (Å²) in [6.07, 6.45) is 1.55. The van der Waals surface area contributed by atoms with Crippen molar-refractivity contribution in [2.24, 2.45) is 0 Å². The summed E-state index contributed by atoms with van der Waals surface area (Å²) in [5.41, 5.74) is 2.29. The molecule has 0 saturated carbocycles. The summed E-state index contributed by atoms with van der Waals surface area (Å²) in [5, 5.41) is 0. The van der Waals surface area contributed by atoms with Crippen molar-refractivity contribution in [1.82, 2.24) is 4.90 Å². The van der Waals surface area contributed by atoms with E-state index in [9.17, 15) is 9.59 Å². The van der Waals surface area contributed by atoms with E-state index in [1.807, 2.05) is 55.4 Å². The number of ether oxygens (including phenoxy) is 3. The average molecular weight is 428 g/mol. The first kappa shape index (κ1) is 24.4. The van der Waals surface area contributed by atoms with Crippen LogP contribution < -0.4 is 9.47 Å². The van der Waals surface area contributed by atoms with Crippen molar-refractivity contribution in [2.45, 2.75) is 38.7 Å². The fourth-order valence-electron chi connectivity index (χ4n) is 3.20. The van der Waals surface area contributed by atoms with Gasteiger partial charge >= 0.3 is 5.97 Å². The first-order chi connectivity index (χ1) is 14.9. The Morgan fingerprint density at radius 2 is 1.77 bits per heavy atom. The molecular formula is C25H33NO5. The molecule has 0 aromatic heterocycles. The van der Waals surface area contributed by atoms with Gasteiger partial charge in [-0.1, -0.05) is 30.3 Å². The van der Waals surface area contributed by atoms with Crippen molar-refractivity contribution in [3.63, 3.8) is 0 Å². The summed E-state index contributed by atoms with van der Waals surface area (Å²) in [4.78, 5) is 25.1. The number of aryl methyl sites for hydroxylation is 2. The highest BCUT2D eigenvalue weighted by Gasteiger charge is 2.18. The van der Waals surface area contributed by atoms with E-state index in [1.165, 1.54) is 12.5 Å². The van der Waals surface area contributed by atoms with Crippen molar-refractivity contribution >= 4 is 11.8 Å². The monoisotopic (exact) mass is 427 g/mol. The Kier molecular flexibility index (Phi) is 10.0. The Morgan fingerprint density at radius 3 is 2.48 bits per heavy atom. The number of esters is 1. The molecule has 0 spiro atoms. The molecule has 6 heteroatoms. The highest BCUT2D eigenvalue weighted by molar-refractivity contribution is 5.81. The van der Waals surface area contributed by atoms with Gasteiger partial charge in [0.25, 0.3) is 0 Å². The van der Waals surface area contributed by atoms with Crippen molar-refractivity contribution in [3.05, 3.63) is 59.7 Å². The van der Waals surface area contributed by atoms with Gasteiger partial charge in [-0.15, -0.1) is 0 Å². The molecule has 168 valence electrons. The lowest BCUT2D eigenvalue weighted by atomic mass is 10.0. The lowest BCUT2D eigenvalue weighted by Crippen LogP contribution is -2.35. The molecule has 0 aliphatic carbocycles. The lowest BCUT2D eigenvalue weighted by Gasteiger charge is -2.22. The highest BCUT2D eigenvalue weighted by atomic mass is 16.6. The Labute approximate surface area is 185 Å². The lowest BCUT2D eigenvalue weighted by molar-refractivity contribution is -0.152. The number of rotatable bonds is 13. The summed E-state index contributed by atoms with van der Waals surface area (Å²) in [6.45, 7) is 2.26. The van der Waals surface area contributed by atoms with Gasteiger partial charge in [-0.3, -0.25) is 4.79 Å². The van der Waals surface area contributed by atoms with Crippen molar-refractivity contribution in [2.75, 3.05) is 34.4 Å². The zero-order valence-electron chi connectivity index (χ0n) is 18.9. The minimum Gasteiger partial charge on any atom is -0.497 e. The molecule has 1 unspecified atom stereocenters. The molecule has 0 saturated heterocycles. The van der Waals surface area contributed by atoms with E-state index in [1.54, 1.807) is 7.11 Å². The number of carbonyl (C=O) groups excluding carboxylic acids is 2. The van der Waals surface area contributed by atoms with Crippen molar-refractivity contribution in [1.29, 1.82) is 0 Å². The predicted molar refractivity (Wildman–Crippen MR) is 121 cm³/mol. The number of para-hydroxylation sites is 1. The molecule has 0 N–H and O–H groups in total. The second kappa shape index (κ2) is 12.7. The summed E-state index contributed by atoms with van der Waals surface area (Å²) < 4.78 is 16.9. The van der Waals surface area contributed by atoms with Crippen molar-refractivity contribution < 1.29 is 23.8 Å². The fraction of sp³-hybridized carbons (Fsp3) is 0.440. The molecule has 31 heavy (non-hydrogen) atoms. The summed E-state index contributed by atoms with van der Waals surface area (Å²) >= 11 is 0. The number of Topliss-reactive ketones (excluding diaryl/α,β-unsaturated/α-hetero) is 1. The predicted octanol–water partition coefficient (Wildman–Crippen LogP) is 3.70. The van der Waals surface area contributed by atoms with Crippen LogP contribution in [-0.2, 0) is 27.2 Å². The smallest absolute Gasteiger partial charge is 0.306 e. The van der Waals surface area contributed by atoms with E-state index in [4.69, 9.17) is 14.2 Å². The standard InChI is InChI=1S/C25H33NO5/c1-19(27)12-15-25(28)31-23(17-26(2)3)18-30-24-11-6-5-9-21(24)14-13-20-8-7-10-22(16-20)29-4/h5-11,16,23H,12-15,17-18H2,1-4H3. The van der Waals surface area contributed by atoms with Crippen LogP contribution in [0.1, 0.15) is 30.9 Å². The molecule has 0 heterocycles. The SMILES string of the molecule is COc1cccc(CCc2ccccc2OCC(CN(C)C)OC(=O)CCC(C)=O)c1. The molecule has 0 fully saturated rings. The normalized spacial score (nSPS) is 11.8. The number of carbonyl (C=O) groups is 2. The zero-order chi connectivity index (χ0) is 22.6. The third-order valence-electron chi connectivity index (χ3n) is 4.76. The van der Waals surface area contributed by atoms with E-state index < -0.39 is 6.10 Å². The van der Waals surface area contributed by atoms with Gasteiger partial charge in [0.2, 0.25) is 0 Å². The van der Waals surface area contributed by atoms with Gasteiger partial charge in [-0.05, 0) is 63.2 Å². The van der Waals surface area contributed by atoms with Gasteiger partial charge in [0.1, 0.15) is 30.0 Å². The number of hydrogen-bond acceptors (Lipinski definition) is 6. The Balaban J connectivity index is 1.98. The first-order valence-corrected chi connectivity index (χ1v) is 10.5. The molecule has 0 radical (unpaired) electrons. The average Bonchev–Trinajstić information content (AvgIpc) is 2.75. The molecule has 2 aromatic rings. The maximum Gasteiger partial charge on any atom is 0.306 e. The molecule has 6 nitrogen and oxygen atoms in total. The molecule has 0 aliphatic rings. The Bertz CT molecular complexity index is 849. The quantitative estimate of drug-likeness (QED) is 0.454. The van der Waals surface area contributed by atoms with Crippen LogP contribution in [0, 0.1) is 0 Å². The minimum atomic E-state index is -0.416. The number of ketones is 1. The van der Waals surface area contributed by atoms with Crippen LogP contribution in [-0.4, -0.2) is 57.1 Å². The Morgan fingerprint density at radius 1 is 1.00 bits per heavy atom. The maximum absolute atomic E-state index is 12.1. The van der Waals surface area contributed by atoms with E-state index in [-0.39, 0.29) is 31.2 Å². The number of methoxy groups -OCH3 is 1. The van der Waals surface area contributed by atoms with Crippen LogP contribution in [0.4, 0.5) is 0 Å². The minimum absolute atomic E-state index is 0.0256. The Hall–Kier alpha value is -2.86. The molecular weight excluding hydrogens is 394 g/mol. The van der Waals surface area contributed by atoms with Crippen LogP contribution in [0.5, 0.6) is 11.5 Å². The summed E-state index contributed by atoms with van der Waals surface area (Å²) in [6, 6.07) is 16.0. The molecule has 0 aliphatic heterocycles. The van der Waals surface area contributed by atoms with Crippen LogP contribution >= 0.6 is 0 Å². The third-order valence-corrected chi connectivity index (χ3v) is 4.76. The van der Waals surface area contributed by atoms with Crippen LogP contribution in [0.2, 0.25) is 0 Å². The topological polar surface area (TPSA) is 65.1 Å². The molecule has 0 amide bonds. The fourth-order valence-corrected chi connectivity index (χ4v) is 3.20. The summed E-state index contributed by atoms with van der Waals surface area (Å²) in [5.74, 6) is 1.23. The van der Waals surface area contributed by atoms with Gasteiger partial charge < -0.3 is 23.9 Å². The highest BCUT2D eigenvalue weighted by Crippen LogP contribution is 2.22. The van der Waals surface area contributed by atoms with E-state index in [0.29, 0.717) is 6.54 Å². The number of hydrogen-bond donors (Lipinski definition) is 0. The largest absolute Gasteiger partial charge is 0.497 e. The second-order valence-electron chi connectivity index (χ2n) is 7.85. The van der Waals surface area contributed by atoms with Crippen molar-refractivity contribution in [3.8, 4) is 11.5 Å². The van der Waals surface area contributed by atoms with E-state index >= 15 is 0 Å². The van der Waals surface area contributed by atoms with Gasteiger partial charge in [0.05, 0.1) is 13.5 Å². The maximum atomic E-state index is 12.1. The van der Waals surface area contributed by atoms with Gasteiger partial charge in [-0.25, -0.2) is 0 Å². The van der Waals surface area contributed by atoms with E-state index in [2.05, 4.69) is 12.1 Å². The molecule has 2 rings (SSSR count).